The van der Waals surface area contributed by atoms with E-state index in [1.165, 1.54) is 11.8 Å². The van der Waals surface area contributed by atoms with Crippen LogP contribution in [0, 0.1) is 6.92 Å². The number of aryl methyl sites for hydroxylation is 1. The molecule has 0 aliphatic carbocycles. The summed E-state index contributed by atoms with van der Waals surface area (Å²) in [5, 5.41) is 10.8. The van der Waals surface area contributed by atoms with Gasteiger partial charge in [-0.25, -0.2) is 9.61 Å². The van der Waals surface area contributed by atoms with Crippen molar-refractivity contribution in [3.05, 3.63) is 72.6 Å². The Morgan fingerprint density at radius 2 is 1.79 bits per heavy atom. The van der Waals surface area contributed by atoms with Gasteiger partial charge < -0.3 is 5.32 Å². The van der Waals surface area contributed by atoms with E-state index in [4.69, 9.17) is 0 Å². The zero-order valence-electron chi connectivity index (χ0n) is 15.1. The molecule has 0 atom stereocenters. The van der Waals surface area contributed by atoms with E-state index in [0.717, 1.165) is 22.1 Å². The van der Waals surface area contributed by atoms with Crippen LogP contribution in [-0.2, 0) is 4.79 Å². The van der Waals surface area contributed by atoms with Gasteiger partial charge in [-0.2, -0.15) is 0 Å². The largest absolute Gasteiger partial charge is 0.306 e. The van der Waals surface area contributed by atoms with E-state index >= 15 is 0 Å². The molecule has 8 heteroatoms. The second kappa shape index (κ2) is 8.10. The number of anilines is 1. The quantitative estimate of drug-likeness (QED) is 0.501. The molecule has 0 fully saturated rings. The Morgan fingerprint density at radius 3 is 2.46 bits per heavy atom. The second-order valence-electron chi connectivity index (χ2n) is 6.00. The number of carbonyl (C=O) groups is 1. The second-order valence-corrected chi connectivity index (χ2v) is 6.94. The molecule has 0 aliphatic rings. The van der Waals surface area contributed by atoms with Crippen molar-refractivity contribution < 1.29 is 9.42 Å². The molecule has 0 spiro atoms. The summed E-state index contributed by atoms with van der Waals surface area (Å²) in [5.74, 6) is 0.319. The number of nitrogens with zero attached hydrogens (tertiary/aromatic N) is 4. The van der Waals surface area contributed by atoms with Gasteiger partial charge in [0.25, 0.3) is 0 Å². The fourth-order valence-electron chi connectivity index (χ4n) is 2.72. The summed E-state index contributed by atoms with van der Waals surface area (Å²) >= 11 is 1.35. The zero-order chi connectivity index (χ0) is 19.3. The number of rotatable bonds is 6. The van der Waals surface area contributed by atoms with E-state index < -0.39 is 0 Å². The van der Waals surface area contributed by atoms with Crippen LogP contribution in [0.2, 0.25) is 0 Å². The zero-order valence-corrected chi connectivity index (χ0v) is 15.9. The molecule has 28 heavy (non-hydrogen) atoms. The third-order valence-corrected chi connectivity index (χ3v) is 5.01. The van der Waals surface area contributed by atoms with Crippen molar-refractivity contribution in [3.8, 4) is 16.9 Å². The van der Waals surface area contributed by atoms with Crippen molar-refractivity contribution in [1.82, 2.24) is 19.9 Å². The van der Waals surface area contributed by atoms with Crippen LogP contribution < -0.4 is 5.32 Å². The van der Waals surface area contributed by atoms with Gasteiger partial charge in [0.1, 0.15) is 5.69 Å². The predicted molar refractivity (Wildman–Crippen MR) is 107 cm³/mol. The highest BCUT2D eigenvalue weighted by molar-refractivity contribution is 7.99. The molecular weight excluding hydrogens is 374 g/mol. The van der Waals surface area contributed by atoms with Crippen molar-refractivity contribution in [3.63, 3.8) is 0 Å². The molecule has 2 heterocycles. The van der Waals surface area contributed by atoms with E-state index in [-0.39, 0.29) is 11.7 Å². The third kappa shape index (κ3) is 3.81. The van der Waals surface area contributed by atoms with Crippen LogP contribution in [0.4, 0.5) is 5.82 Å². The Balaban J connectivity index is 1.59. The number of carbonyl (C=O) groups excluding carboxylic acids is 1. The molecule has 0 saturated carbocycles. The van der Waals surface area contributed by atoms with Gasteiger partial charge in [0.15, 0.2) is 11.0 Å². The molecule has 0 saturated heterocycles. The number of benzene rings is 2. The first-order chi connectivity index (χ1) is 13.7. The van der Waals surface area contributed by atoms with Crippen LogP contribution >= 0.6 is 11.8 Å². The normalized spacial score (nSPS) is 10.8. The Kier molecular flexibility index (Phi) is 5.20. The van der Waals surface area contributed by atoms with Crippen molar-refractivity contribution in [1.29, 1.82) is 0 Å². The van der Waals surface area contributed by atoms with Gasteiger partial charge in [0.05, 0.1) is 17.6 Å². The lowest BCUT2D eigenvalue weighted by Gasteiger charge is -2.12. The number of aromatic nitrogens is 4. The van der Waals surface area contributed by atoms with Crippen molar-refractivity contribution in [2.45, 2.75) is 12.1 Å². The van der Waals surface area contributed by atoms with E-state index in [1.807, 2.05) is 66.9 Å². The third-order valence-electron chi connectivity index (χ3n) is 4.06. The van der Waals surface area contributed by atoms with Crippen LogP contribution in [0.25, 0.3) is 16.9 Å². The number of hydrogen-bond donors (Lipinski definition) is 1. The average Bonchev–Trinajstić information content (AvgIpc) is 3.34. The molecule has 1 amide bonds. The lowest BCUT2D eigenvalue weighted by atomic mass is 10.1. The SMILES string of the molecule is Cc1nonc1NC(=O)CSc1ncc(-c2ccccc2)n1-c1ccccc1. The van der Waals surface area contributed by atoms with Gasteiger partial charge in [0.2, 0.25) is 5.91 Å². The van der Waals surface area contributed by atoms with E-state index in [1.54, 1.807) is 6.92 Å². The Hall–Kier alpha value is -3.39. The summed E-state index contributed by atoms with van der Waals surface area (Å²) in [4.78, 5) is 16.8. The number of hydrogen-bond acceptors (Lipinski definition) is 6. The number of amides is 1. The highest BCUT2D eigenvalue weighted by Crippen LogP contribution is 2.29. The molecule has 0 bridgehead atoms. The number of thioether (sulfide) groups is 1. The minimum Gasteiger partial charge on any atom is -0.306 e. The molecule has 0 radical (unpaired) electrons. The summed E-state index contributed by atoms with van der Waals surface area (Å²) in [6.45, 7) is 1.72. The van der Waals surface area contributed by atoms with Crippen molar-refractivity contribution >= 4 is 23.5 Å². The molecule has 2 aromatic carbocycles. The predicted octanol–water partition coefficient (Wildman–Crippen LogP) is 3.96. The van der Waals surface area contributed by atoms with Gasteiger partial charge in [-0.1, -0.05) is 65.4 Å². The summed E-state index contributed by atoms with van der Waals surface area (Å²) in [6, 6.07) is 20.0. The topological polar surface area (TPSA) is 85.8 Å². The first kappa shape index (κ1) is 18.0. The minimum atomic E-state index is -0.201. The highest BCUT2D eigenvalue weighted by Gasteiger charge is 2.16. The highest BCUT2D eigenvalue weighted by atomic mass is 32.2. The Labute approximate surface area is 165 Å². The number of imidazole rings is 1. The Bertz CT molecular complexity index is 1080. The molecule has 0 unspecified atom stereocenters. The van der Waals surface area contributed by atoms with Gasteiger partial charge >= 0.3 is 0 Å². The molecule has 7 nitrogen and oxygen atoms in total. The fourth-order valence-corrected chi connectivity index (χ4v) is 3.51. The smallest absolute Gasteiger partial charge is 0.236 e. The number of nitrogens with one attached hydrogen (secondary N) is 1. The minimum absolute atomic E-state index is 0.185. The lowest BCUT2D eigenvalue weighted by molar-refractivity contribution is -0.113. The van der Waals surface area contributed by atoms with Crippen LogP contribution in [0.1, 0.15) is 5.69 Å². The van der Waals surface area contributed by atoms with Crippen LogP contribution in [0.3, 0.4) is 0 Å². The summed E-state index contributed by atoms with van der Waals surface area (Å²) in [7, 11) is 0. The number of para-hydroxylation sites is 1. The molecule has 4 aromatic rings. The van der Waals surface area contributed by atoms with E-state index in [9.17, 15) is 4.79 Å². The molecule has 1 N–H and O–H groups in total. The maximum absolute atomic E-state index is 12.3. The van der Waals surface area contributed by atoms with Crippen molar-refractivity contribution in [2.75, 3.05) is 11.1 Å². The van der Waals surface area contributed by atoms with Gasteiger partial charge in [-0.05, 0) is 24.2 Å². The van der Waals surface area contributed by atoms with Crippen LogP contribution in [0.5, 0.6) is 0 Å². The van der Waals surface area contributed by atoms with Crippen molar-refractivity contribution in [2.24, 2.45) is 0 Å². The molecule has 2 aromatic heterocycles. The molecule has 0 aliphatic heterocycles. The summed E-state index contributed by atoms with van der Waals surface area (Å²) in [6.07, 6.45) is 1.83. The van der Waals surface area contributed by atoms with E-state index in [0.29, 0.717) is 11.5 Å². The van der Waals surface area contributed by atoms with Crippen LogP contribution in [0.15, 0.2) is 76.6 Å². The molecule has 140 valence electrons. The Morgan fingerprint density at radius 1 is 1.07 bits per heavy atom. The standard InChI is InChI=1S/C20H17N5O2S/c1-14-19(24-27-23-14)22-18(26)13-28-20-21-12-17(15-8-4-2-5-9-15)25(20)16-10-6-3-7-11-16/h2-12H,13H2,1H3,(H,22,24,26). The summed E-state index contributed by atoms with van der Waals surface area (Å²) in [5.41, 5.74) is 3.54. The van der Waals surface area contributed by atoms with Gasteiger partial charge in [-0.15, -0.1) is 0 Å². The first-order valence-electron chi connectivity index (χ1n) is 8.63. The maximum Gasteiger partial charge on any atom is 0.236 e. The summed E-state index contributed by atoms with van der Waals surface area (Å²) < 4.78 is 6.65. The first-order valence-corrected chi connectivity index (χ1v) is 9.61. The van der Waals surface area contributed by atoms with Gasteiger partial charge in [-0.3, -0.25) is 9.36 Å². The lowest BCUT2D eigenvalue weighted by Crippen LogP contribution is -2.15. The van der Waals surface area contributed by atoms with Crippen LogP contribution in [-0.4, -0.2) is 31.5 Å². The monoisotopic (exact) mass is 391 g/mol. The average molecular weight is 391 g/mol. The molecular formula is C20H17N5O2S. The maximum atomic E-state index is 12.3. The fraction of sp³-hybridized carbons (Fsp3) is 0.100. The molecule has 4 rings (SSSR count). The van der Waals surface area contributed by atoms with E-state index in [2.05, 4.69) is 29.8 Å². The van der Waals surface area contributed by atoms with Gasteiger partial charge in [0, 0.05) is 11.3 Å².